The molecule has 0 saturated heterocycles. The molecule has 1 saturated carbocycles. The van der Waals surface area contributed by atoms with Gasteiger partial charge in [0.2, 0.25) is 0 Å². The SMILES string of the molecule is CCN(CC)C1(C(CCC(C)(C)OC)NN)CCCC1. The normalized spacial score (nSPS) is 20.6. The van der Waals surface area contributed by atoms with Crippen molar-refractivity contribution in [2.24, 2.45) is 5.84 Å². The lowest BCUT2D eigenvalue weighted by Crippen LogP contribution is -2.61. The Morgan fingerprint density at radius 2 is 1.80 bits per heavy atom. The lowest BCUT2D eigenvalue weighted by Gasteiger charge is -2.46. The summed E-state index contributed by atoms with van der Waals surface area (Å²) in [6.45, 7) is 11.0. The molecule has 0 aromatic carbocycles. The number of nitrogens with one attached hydrogen (secondary N) is 1. The minimum atomic E-state index is -0.0713. The topological polar surface area (TPSA) is 50.5 Å². The van der Waals surface area contributed by atoms with Gasteiger partial charge in [0.25, 0.3) is 0 Å². The lowest BCUT2D eigenvalue weighted by molar-refractivity contribution is -0.000371. The van der Waals surface area contributed by atoms with E-state index in [9.17, 15) is 0 Å². The Morgan fingerprint density at radius 1 is 1.25 bits per heavy atom. The summed E-state index contributed by atoms with van der Waals surface area (Å²) < 4.78 is 5.56. The number of hydrazine groups is 1. The fourth-order valence-corrected chi connectivity index (χ4v) is 3.83. The number of nitrogens with zero attached hydrogens (tertiary/aromatic N) is 1. The fraction of sp³-hybridized carbons (Fsp3) is 1.00. The van der Waals surface area contributed by atoms with E-state index in [2.05, 4.69) is 38.0 Å². The van der Waals surface area contributed by atoms with Crippen molar-refractivity contribution in [3.63, 3.8) is 0 Å². The van der Waals surface area contributed by atoms with E-state index in [1.807, 2.05) is 0 Å². The predicted molar refractivity (Wildman–Crippen MR) is 85.6 cm³/mol. The third-order valence-electron chi connectivity index (χ3n) is 5.30. The lowest BCUT2D eigenvalue weighted by atomic mass is 9.82. The van der Waals surface area contributed by atoms with Crippen molar-refractivity contribution >= 4 is 0 Å². The Hall–Kier alpha value is -0.160. The number of methoxy groups -OCH3 is 1. The second-order valence-electron chi connectivity index (χ2n) is 6.70. The van der Waals surface area contributed by atoms with Gasteiger partial charge in [-0.3, -0.25) is 16.2 Å². The van der Waals surface area contributed by atoms with E-state index in [0.717, 1.165) is 25.9 Å². The van der Waals surface area contributed by atoms with Crippen molar-refractivity contribution in [1.82, 2.24) is 10.3 Å². The molecule has 1 unspecified atom stereocenters. The first-order valence-corrected chi connectivity index (χ1v) is 8.22. The Labute approximate surface area is 125 Å². The summed E-state index contributed by atoms with van der Waals surface area (Å²) in [5, 5.41) is 0. The summed E-state index contributed by atoms with van der Waals surface area (Å²) in [6.07, 6.45) is 7.26. The van der Waals surface area contributed by atoms with E-state index < -0.39 is 0 Å². The molecular formula is C16H35N3O. The summed E-state index contributed by atoms with van der Waals surface area (Å²) in [6, 6.07) is 0.347. The van der Waals surface area contributed by atoms with Gasteiger partial charge in [0, 0.05) is 18.7 Å². The molecule has 1 aliphatic rings. The number of likely N-dealkylation sites (N-methyl/N-ethyl adjacent to an activating group) is 1. The molecule has 0 spiro atoms. The minimum absolute atomic E-state index is 0.0713. The van der Waals surface area contributed by atoms with Crippen molar-refractivity contribution in [2.45, 2.75) is 83.4 Å². The maximum absolute atomic E-state index is 5.94. The number of nitrogens with two attached hydrogens (primary N) is 1. The largest absolute Gasteiger partial charge is 0.379 e. The molecule has 0 amide bonds. The van der Waals surface area contributed by atoms with E-state index in [4.69, 9.17) is 10.6 Å². The van der Waals surface area contributed by atoms with Crippen molar-refractivity contribution in [3.05, 3.63) is 0 Å². The smallest absolute Gasteiger partial charge is 0.0623 e. The second kappa shape index (κ2) is 7.74. The molecule has 1 aliphatic carbocycles. The van der Waals surface area contributed by atoms with Crippen LogP contribution in [0.1, 0.15) is 66.2 Å². The summed E-state index contributed by atoms with van der Waals surface area (Å²) >= 11 is 0. The van der Waals surface area contributed by atoms with E-state index >= 15 is 0 Å². The van der Waals surface area contributed by atoms with Crippen LogP contribution in [0.25, 0.3) is 0 Å². The zero-order valence-electron chi connectivity index (χ0n) is 14.2. The fourth-order valence-electron chi connectivity index (χ4n) is 3.83. The Bertz CT molecular complexity index is 271. The highest BCUT2D eigenvalue weighted by atomic mass is 16.5. The monoisotopic (exact) mass is 285 g/mol. The molecular weight excluding hydrogens is 250 g/mol. The van der Waals surface area contributed by atoms with Gasteiger partial charge in [-0.1, -0.05) is 26.7 Å². The molecule has 4 nitrogen and oxygen atoms in total. The highest BCUT2D eigenvalue weighted by Crippen LogP contribution is 2.39. The summed E-state index contributed by atoms with van der Waals surface area (Å²) in [7, 11) is 1.79. The van der Waals surface area contributed by atoms with Crippen LogP contribution in [0.3, 0.4) is 0 Å². The molecule has 0 radical (unpaired) electrons. The summed E-state index contributed by atoms with van der Waals surface area (Å²) in [4.78, 5) is 2.62. The van der Waals surface area contributed by atoms with Crippen LogP contribution < -0.4 is 11.3 Å². The third-order valence-corrected chi connectivity index (χ3v) is 5.30. The van der Waals surface area contributed by atoms with Gasteiger partial charge in [0.05, 0.1) is 5.60 Å². The first kappa shape index (κ1) is 17.9. The van der Waals surface area contributed by atoms with Gasteiger partial charge in [-0.05, 0) is 52.6 Å². The number of hydrogen-bond donors (Lipinski definition) is 2. The van der Waals surface area contributed by atoms with Crippen LogP contribution in [0.2, 0.25) is 0 Å². The van der Waals surface area contributed by atoms with Crippen LogP contribution >= 0.6 is 0 Å². The van der Waals surface area contributed by atoms with E-state index in [1.165, 1.54) is 25.7 Å². The van der Waals surface area contributed by atoms with Gasteiger partial charge in [-0.25, -0.2) is 0 Å². The van der Waals surface area contributed by atoms with Crippen LogP contribution in [0.4, 0.5) is 0 Å². The molecule has 0 aromatic rings. The predicted octanol–water partition coefficient (Wildman–Crippen LogP) is 2.68. The molecule has 1 atom stereocenters. The molecule has 1 fully saturated rings. The molecule has 4 heteroatoms. The van der Waals surface area contributed by atoms with Gasteiger partial charge >= 0.3 is 0 Å². The number of ether oxygens (including phenoxy) is 1. The summed E-state index contributed by atoms with van der Waals surface area (Å²) in [5.41, 5.74) is 3.30. The highest BCUT2D eigenvalue weighted by Gasteiger charge is 2.44. The molecule has 0 aromatic heterocycles. The van der Waals surface area contributed by atoms with Crippen molar-refractivity contribution in [1.29, 1.82) is 0 Å². The second-order valence-corrected chi connectivity index (χ2v) is 6.70. The van der Waals surface area contributed by atoms with E-state index in [1.54, 1.807) is 7.11 Å². The van der Waals surface area contributed by atoms with Gasteiger partial charge < -0.3 is 4.74 Å². The third kappa shape index (κ3) is 3.94. The molecule has 20 heavy (non-hydrogen) atoms. The first-order valence-electron chi connectivity index (χ1n) is 8.22. The van der Waals surface area contributed by atoms with Crippen LogP contribution in [0.5, 0.6) is 0 Å². The van der Waals surface area contributed by atoms with Crippen molar-refractivity contribution < 1.29 is 4.74 Å². The van der Waals surface area contributed by atoms with Crippen molar-refractivity contribution in [3.8, 4) is 0 Å². The Balaban J connectivity index is 2.82. The number of rotatable bonds is 9. The number of hydrogen-bond acceptors (Lipinski definition) is 4. The molecule has 0 heterocycles. The van der Waals surface area contributed by atoms with E-state index in [-0.39, 0.29) is 11.1 Å². The maximum atomic E-state index is 5.94. The average Bonchev–Trinajstić information content (AvgIpc) is 2.91. The van der Waals surface area contributed by atoms with Gasteiger partial charge in [-0.15, -0.1) is 0 Å². The zero-order valence-corrected chi connectivity index (χ0v) is 14.2. The molecule has 0 aliphatic heterocycles. The maximum Gasteiger partial charge on any atom is 0.0623 e. The van der Waals surface area contributed by atoms with Crippen LogP contribution in [0, 0.1) is 0 Å². The highest BCUT2D eigenvalue weighted by molar-refractivity contribution is 5.03. The zero-order chi connectivity index (χ0) is 15.2. The Morgan fingerprint density at radius 3 is 2.20 bits per heavy atom. The van der Waals surface area contributed by atoms with Gasteiger partial charge in [-0.2, -0.15) is 0 Å². The van der Waals surface area contributed by atoms with Crippen LogP contribution in [-0.4, -0.2) is 42.3 Å². The van der Waals surface area contributed by atoms with Gasteiger partial charge in [0.15, 0.2) is 0 Å². The van der Waals surface area contributed by atoms with Crippen LogP contribution in [0.15, 0.2) is 0 Å². The van der Waals surface area contributed by atoms with E-state index in [0.29, 0.717) is 6.04 Å². The van der Waals surface area contributed by atoms with Crippen molar-refractivity contribution in [2.75, 3.05) is 20.2 Å². The molecule has 1 rings (SSSR count). The van der Waals surface area contributed by atoms with Crippen LogP contribution in [-0.2, 0) is 4.74 Å². The summed E-state index contributed by atoms with van der Waals surface area (Å²) in [5.74, 6) is 5.94. The minimum Gasteiger partial charge on any atom is -0.379 e. The molecule has 120 valence electrons. The quantitative estimate of drug-likeness (QED) is 0.505. The molecule has 0 bridgehead atoms. The first-order chi connectivity index (χ1) is 9.45. The average molecular weight is 285 g/mol. The van der Waals surface area contributed by atoms with Gasteiger partial charge in [0.1, 0.15) is 0 Å². The molecule has 3 N–H and O–H groups in total. The standard InChI is InChI=1S/C16H35N3O/c1-6-19(7-2)16(11-8-9-12-16)14(18-17)10-13-15(3,4)20-5/h14,18H,6-13,17H2,1-5H3. The Kier molecular flexibility index (Phi) is 6.92.